The molecule has 1 radical (unpaired) electrons. The molecular weight excluding hydrogens is 355 g/mol. The monoisotopic (exact) mass is 371 g/mol. The number of benzene rings is 4. The van der Waals surface area contributed by atoms with Crippen molar-refractivity contribution in [3.8, 4) is 0 Å². The molecule has 5 heteroatoms. The van der Waals surface area contributed by atoms with Gasteiger partial charge >= 0.3 is 0 Å². The predicted octanol–water partition coefficient (Wildman–Crippen LogP) is 4.59. The summed E-state index contributed by atoms with van der Waals surface area (Å²) >= 11 is 0. The summed E-state index contributed by atoms with van der Waals surface area (Å²) in [5.74, 6) is 0. The zero-order valence-corrected chi connectivity index (χ0v) is 17.1. The molecule has 0 saturated heterocycles. The average molecular weight is 371 g/mol. The van der Waals surface area contributed by atoms with E-state index in [0.29, 0.717) is 11.1 Å². The van der Waals surface area contributed by atoms with Crippen molar-refractivity contribution in [3.05, 3.63) is 96.1 Å². The van der Waals surface area contributed by atoms with E-state index in [9.17, 15) is 13.0 Å². The van der Waals surface area contributed by atoms with Gasteiger partial charge in [0, 0.05) is 29.6 Å². The minimum Gasteiger partial charge on any atom is -0.285 e. The zero-order chi connectivity index (χ0) is 17.4. The van der Waals surface area contributed by atoms with Crippen LogP contribution in [0.15, 0.2) is 84.9 Å². The Balaban J connectivity index is 0.00000196. The molecule has 26 heavy (non-hydrogen) atoms. The van der Waals surface area contributed by atoms with Gasteiger partial charge in [0.25, 0.3) is 10.1 Å². The largest absolute Gasteiger partial charge is 0.285 e. The zero-order valence-electron chi connectivity index (χ0n) is 14.3. The second-order valence-corrected chi connectivity index (χ2v) is 7.53. The van der Waals surface area contributed by atoms with Crippen LogP contribution in [0.1, 0.15) is 16.4 Å². The molecule has 0 aromatic heterocycles. The Morgan fingerprint density at radius 2 is 1.00 bits per heavy atom. The van der Waals surface area contributed by atoms with Gasteiger partial charge in [0.2, 0.25) is 0 Å². The molecule has 0 unspecified atom stereocenters. The summed E-state index contributed by atoms with van der Waals surface area (Å²) in [7, 11) is -4.35. The second-order valence-electron chi connectivity index (χ2n) is 6.03. The average Bonchev–Trinajstić information content (AvgIpc) is 2.61. The van der Waals surface area contributed by atoms with E-state index < -0.39 is 15.4 Å². The van der Waals surface area contributed by atoms with Crippen LogP contribution in [-0.2, 0) is 10.1 Å². The quantitative estimate of drug-likeness (QED) is 0.423. The first-order chi connectivity index (χ1) is 12.1. The molecule has 0 heterocycles. The molecule has 0 saturated carbocycles. The summed E-state index contributed by atoms with van der Waals surface area (Å²) < 4.78 is 34.8. The van der Waals surface area contributed by atoms with E-state index in [1.165, 1.54) is 0 Å². The number of fused-ring (bicyclic) bond motifs is 2. The molecule has 4 aromatic rings. The predicted molar refractivity (Wildman–Crippen MR) is 107 cm³/mol. The van der Waals surface area contributed by atoms with Crippen LogP contribution >= 0.6 is 0 Å². The number of hydrogen-bond acceptors (Lipinski definition) is 2. The van der Waals surface area contributed by atoms with Crippen LogP contribution in [0, 0.1) is 0 Å². The second kappa shape index (κ2) is 7.51. The Bertz CT molecular complexity index is 1100. The summed E-state index contributed by atoms with van der Waals surface area (Å²) in [6.45, 7) is 0. The molecule has 0 spiro atoms. The maximum absolute atomic E-state index is 12.4. The molecule has 125 valence electrons. The third kappa shape index (κ3) is 3.43. The Morgan fingerprint density at radius 1 is 0.615 bits per heavy atom. The molecule has 0 aliphatic carbocycles. The van der Waals surface area contributed by atoms with Crippen molar-refractivity contribution >= 4 is 61.2 Å². The van der Waals surface area contributed by atoms with E-state index in [2.05, 4.69) is 0 Å². The van der Waals surface area contributed by atoms with Crippen molar-refractivity contribution in [2.75, 3.05) is 0 Å². The van der Waals surface area contributed by atoms with Gasteiger partial charge in [0.15, 0.2) is 0 Å². The maximum atomic E-state index is 12.4. The van der Waals surface area contributed by atoms with Crippen LogP contribution in [0.5, 0.6) is 0 Å². The molecule has 0 atom stereocenters. The summed E-state index contributed by atoms with van der Waals surface area (Å²) in [5, 5.41) is 2.38. The first-order valence-corrected chi connectivity index (χ1v) is 9.47. The van der Waals surface area contributed by atoms with Crippen molar-refractivity contribution in [2.24, 2.45) is 0 Å². The van der Waals surface area contributed by atoms with Gasteiger partial charge in [0.05, 0.1) is 0 Å². The van der Waals surface area contributed by atoms with Crippen LogP contribution in [0.25, 0.3) is 21.5 Å². The molecule has 0 fully saturated rings. The Labute approximate surface area is 174 Å². The topological polar surface area (TPSA) is 54.4 Å². The van der Waals surface area contributed by atoms with E-state index >= 15 is 0 Å². The fourth-order valence-corrected chi connectivity index (χ4v) is 4.50. The van der Waals surface area contributed by atoms with Gasteiger partial charge < -0.3 is 0 Å². The van der Waals surface area contributed by atoms with Crippen LogP contribution in [0.3, 0.4) is 0 Å². The van der Waals surface area contributed by atoms with Crippen molar-refractivity contribution < 1.29 is 13.0 Å². The van der Waals surface area contributed by atoms with E-state index in [-0.39, 0.29) is 29.6 Å². The van der Waals surface area contributed by atoms with Crippen molar-refractivity contribution in [2.45, 2.75) is 5.25 Å². The van der Waals surface area contributed by atoms with E-state index in [0.717, 1.165) is 21.5 Å². The van der Waals surface area contributed by atoms with Crippen molar-refractivity contribution in [1.29, 1.82) is 0 Å². The minimum absolute atomic E-state index is 0. The van der Waals surface area contributed by atoms with Crippen molar-refractivity contribution in [1.82, 2.24) is 0 Å². The molecule has 0 bridgehead atoms. The Kier molecular flexibility index (Phi) is 5.51. The molecule has 4 aromatic carbocycles. The standard InChI is InChI=1S/C21H16O3S.Na/c22-25(23,24)21(19-13-5-9-15-7-1-3-11-17(15)19)20-14-6-10-16-8-2-4-12-18(16)20;/h1-14,21H,(H,22,23,24);. The fraction of sp³-hybridized carbons (Fsp3) is 0.0476. The van der Waals surface area contributed by atoms with E-state index in [4.69, 9.17) is 0 Å². The molecule has 0 aliphatic heterocycles. The third-order valence-electron chi connectivity index (χ3n) is 4.51. The van der Waals surface area contributed by atoms with Crippen LogP contribution in [0.2, 0.25) is 0 Å². The van der Waals surface area contributed by atoms with Gasteiger partial charge in [0.1, 0.15) is 5.25 Å². The Hall–Kier alpha value is -1.69. The molecule has 1 N–H and O–H groups in total. The molecule has 0 aliphatic rings. The van der Waals surface area contributed by atoms with Crippen molar-refractivity contribution in [3.63, 3.8) is 0 Å². The molecule has 4 rings (SSSR count). The van der Waals surface area contributed by atoms with Gasteiger partial charge in [-0.1, -0.05) is 84.9 Å². The SMILES string of the molecule is O=S(=O)(O)C(c1cccc2ccccc12)c1cccc2ccccc12.[Na]. The van der Waals surface area contributed by atoms with Crippen LogP contribution in [0.4, 0.5) is 0 Å². The van der Waals surface area contributed by atoms with Gasteiger partial charge in [-0.15, -0.1) is 0 Å². The smallest absolute Gasteiger partial charge is 0.276 e. The van der Waals surface area contributed by atoms with Gasteiger partial charge in [-0.2, -0.15) is 8.42 Å². The molecule has 0 amide bonds. The maximum Gasteiger partial charge on any atom is 0.276 e. The summed E-state index contributed by atoms with van der Waals surface area (Å²) in [6.07, 6.45) is 0. The molecule has 3 nitrogen and oxygen atoms in total. The summed E-state index contributed by atoms with van der Waals surface area (Å²) in [5.41, 5.74) is 1.16. The van der Waals surface area contributed by atoms with E-state index in [1.54, 1.807) is 12.1 Å². The Morgan fingerprint density at radius 3 is 1.42 bits per heavy atom. The number of hydrogen-bond donors (Lipinski definition) is 1. The first-order valence-electron chi connectivity index (χ1n) is 7.97. The third-order valence-corrected chi connectivity index (χ3v) is 5.61. The number of rotatable bonds is 3. The summed E-state index contributed by atoms with van der Waals surface area (Å²) in [6, 6.07) is 26.2. The first kappa shape index (κ1) is 19.1. The van der Waals surface area contributed by atoms with Gasteiger partial charge in [-0.3, -0.25) is 4.55 Å². The molecular formula is C21H16NaO3S. The summed E-state index contributed by atoms with van der Waals surface area (Å²) in [4.78, 5) is 0. The fourth-order valence-electron chi connectivity index (χ4n) is 3.45. The van der Waals surface area contributed by atoms with Crippen LogP contribution < -0.4 is 0 Å². The minimum atomic E-state index is -4.35. The van der Waals surface area contributed by atoms with Gasteiger partial charge in [-0.25, -0.2) is 0 Å². The van der Waals surface area contributed by atoms with Crippen LogP contribution in [-0.4, -0.2) is 42.5 Å². The van der Waals surface area contributed by atoms with E-state index in [1.807, 2.05) is 72.8 Å². The van der Waals surface area contributed by atoms with Gasteiger partial charge in [-0.05, 0) is 32.7 Å². The normalized spacial score (nSPS) is 11.6.